The lowest BCUT2D eigenvalue weighted by Gasteiger charge is -2.08. The van der Waals surface area contributed by atoms with Gasteiger partial charge in [-0.2, -0.15) is 0 Å². The summed E-state index contributed by atoms with van der Waals surface area (Å²) in [6.45, 7) is 2.45. The molecule has 0 spiro atoms. The zero-order valence-electron chi connectivity index (χ0n) is 12.2. The lowest BCUT2D eigenvalue weighted by Crippen LogP contribution is -2.22. The van der Waals surface area contributed by atoms with Crippen LogP contribution in [-0.2, 0) is 6.54 Å². The van der Waals surface area contributed by atoms with E-state index in [4.69, 9.17) is 0 Å². The van der Waals surface area contributed by atoms with Crippen molar-refractivity contribution in [2.75, 3.05) is 0 Å². The van der Waals surface area contributed by atoms with Crippen LogP contribution in [-0.4, -0.2) is 14.7 Å². The predicted octanol–water partition coefficient (Wildman–Crippen LogP) is 3.29. The number of para-hydroxylation sites is 2. The molecule has 1 aromatic heterocycles. The number of nitrogens with zero attached hydrogens (tertiary/aromatic N) is 2. The highest BCUT2D eigenvalue weighted by molar-refractivity contribution is 5.79. The fourth-order valence-electron chi connectivity index (χ4n) is 2.41. The molecular formula is C18H16N2O2. The van der Waals surface area contributed by atoms with E-state index < -0.39 is 0 Å². The van der Waals surface area contributed by atoms with Crippen LogP contribution in [0, 0.1) is 0 Å². The molecule has 0 aliphatic rings. The molecule has 0 aliphatic heterocycles. The molecule has 0 unspecified atom stereocenters. The summed E-state index contributed by atoms with van der Waals surface area (Å²) in [6, 6.07) is 14.4. The van der Waals surface area contributed by atoms with E-state index in [1.54, 1.807) is 41.0 Å². The molecule has 4 heteroatoms. The molecule has 0 fully saturated rings. The molecule has 0 radical (unpaired) electrons. The van der Waals surface area contributed by atoms with Crippen LogP contribution >= 0.6 is 0 Å². The molecule has 1 heterocycles. The second-order valence-corrected chi connectivity index (χ2v) is 4.93. The lowest BCUT2D eigenvalue weighted by molar-refractivity contribution is 0.474. The zero-order valence-corrected chi connectivity index (χ0v) is 12.2. The van der Waals surface area contributed by atoms with Gasteiger partial charge in [0.1, 0.15) is 11.6 Å². The average Bonchev–Trinajstić information content (AvgIpc) is 2.54. The van der Waals surface area contributed by atoms with Gasteiger partial charge < -0.3 is 5.11 Å². The minimum absolute atomic E-state index is 0.0509. The van der Waals surface area contributed by atoms with E-state index in [1.165, 1.54) is 0 Å². The highest BCUT2D eigenvalue weighted by Gasteiger charge is 2.07. The SMILES string of the molecule is CCn1c(/C=C/c2ccccc2O)nc2ccccc2c1=O. The monoisotopic (exact) mass is 292 g/mol. The largest absolute Gasteiger partial charge is 0.507 e. The van der Waals surface area contributed by atoms with Crippen LogP contribution in [0.5, 0.6) is 5.75 Å². The summed E-state index contributed by atoms with van der Waals surface area (Å²) in [4.78, 5) is 17.0. The van der Waals surface area contributed by atoms with Gasteiger partial charge in [-0.1, -0.05) is 30.3 Å². The van der Waals surface area contributed by atoms with E-state index in [0.29, 0.717) is 28.8 Å². The van der Waals surface area contributed by atoms with Crippen LogP contribution in [0.2, 0.25) is 0 Å². The van der Waals surface area contributed by atoms with Crippen molar-refractivity contribution in [1.82, 2.24) is 9.55 Å². The molecule has 0 aliphatic carbocycles. The van der Waals surface area contributed by atoms with Gasteiger partial charge in [0, 0.05) is 12.1 Å². The number of aromatic nitrogens is 2. The number of aromatic hydroxyl groups is 1. The molecule has 1 N–H and O–H groups in total. The third-order valence-electron chi connectivity index (χ3n) is 3.56. The summed E-state index contributed by atoms with van der Waals surface area (Å²) in [5, 5.41) is 10.4. The van der Waals surface area contributed by atoms with Crippen molar-refractivity contribution in [3.05, 3.63) is 70.3 Å². The second kappa shape index (κ2) is 5.85. The van der Waals surface area contributed by atoms with Crippen LogP contribution in [0.25, 0.3) is 23.1 Å². The molecule has 110 valence electrons. The van der Waals surface area contributed by atoms with E-state index in [1.807, 2.05) is 31.2 Å². The fourth-order valence-corrected chi connectivity index (χ4v) is 2.41. The Balaban J connectivity index is 2.14. The van der Waals surface area contributed by atoms with Crippen molar-refractivity contribution in [2.24, 2.45) is 0 Å². The molecule has 0 bridgehead atoms. The quantitative estimate of drug-likeness (QED) is 0.806. The van der Waals surface area contributed by atoms with Crippen molar-refractivity contribution >= 4 is 23.1 Å². The molecule has 0 saturated heterocycles. The van der Waals surface area contributed by atoms with Gasteiger partial charge >= 0.3 is 0 Å². The number of hydrogen-bond donors (Lipinski definition) is 1. The smallest absolute Gasteiger partial charge is 0.261 e. The Labute approximate surface area is 128 Å². The average molecular weight is 292 g/mol. The molecule has 2 aromatic carbocycles. The normalized spacial score (nSPS) is 11.3. The minimum atomic E-state index is -0.0509. The molecule has 0 amide bonds. The number of phenols is 1. The van der Waals surface area contributed by atoms with Crippen LogP contribution in [0.15, 0.2) is 53.3 Å². The number of benzene rings is 2. The van der Waals surface area contributed by atoms with Gasteiger partial charge in [-0.15, -0.1) is 0 Å². The van der Waals surface area contributed by atoms with Gasteiger partial charge in [0.05, 0.1) is 10.9 Å². The van der Waals surface area contributed by atoms with Gasteiger partial charge in [-0.3, -0.25) is 9.36 Å². The molecular weight excluding hydrogens is 276 g/mol. The number of hydrogen-bond acceptors (Lipinski definition) is 3. The maximum Gasteiger partial charge on any atom is 0.261 e. The maximum absolute atomic E-state index is 12.5. The van der Waals surface area contributed by atoms with Crippen LogP contribution in [0.4, 0.5) is 0 Å². The van der Waals surface area contributed by atoms with Crippen molar-refractivity contribution in [3.63, 3.8) is 0 Å². The van der Waals surface area contributed by atoms with Gasteiger partial charge in [0.2, 0.25) is 0 Å². The van der Waals surface area contributed by atoms with Crippen molar-refractivity contribution < 1.29 is 5.11 Å². The predicted molar refractivity (Wildman–Crippen MR) is 88.7 cm³/mol. The highest BCUT2D eigenvalue weighted by atomic mass is 16.3. The standard InChI is InChI=1S/C18H16N2O2/c1-2-20-17(12-11-13-7-3-6-10-16(13)21)19-15-9-5-4-8-14(15)18(20)22/h3-12,21H,2H2,1H3/b12-11+. The third-order valence-corrected chi connectivity index (χ3v) is 3.56. The Bertz CT molecular complexity index is 910. The highest BCUT2D eigenvalue weighted by Crippen LogP contribution is 2.18. The Morgan fingerprint density at radius 1 is 1.09 bits per heavy atom. The van der Waals surface area contributed by atoms with E-state index >= 15 is 0 Å². The Morgan fingerprint density at radius 3 is 2.59 bits per heavy atom. The van der Waals surface area contributed by atoms with Gasteiger partial charge in [-0.05, 0) is 37.3 Å². The summed E-state index contributed by atoms with van der Waals surface area (Å²) in [6.07, 6.45) is 3.52. The molecule has 3 aromatic rings. The van der Waals surface area contributed by atoms with E-state index in [0.717, 1.165) is 0 Å². The summed E-state index contributed by atoms with van der Waals surface area (Å²) >= 11 is 0. The summed E-state index contributed by atoms with van der Waals surface area (Å²) in [7, 11) is 0. The van der Waals surface area contributed by atoms with Crippen LogP contribution in [0.1, 0.15) is 18.3 Å². The molecule has 4 nitrogen and oxygen atoms in total. The van der Waals surface area contributed by atoms with E-state index in [9.17, 15) is 9.90 Å². The molecule has 0 saturated carbocycles. The van der Waals surface area contributed by atoms with Gasteiger partial charge in [0.25, 0.3) is 5.56 Å². The topological polar surface area (TPSA) is 55.1 Å². The number of phenolic OH excluding ortho intramolecular Hbond substituents is 1. The van der Waals surface area contributed by atoms with Crippen LogP contribution in [0.3, 0.4) is 0 Å². The van der Waals surface area contributed by atoms with Crippen molar-refractivity contribution in [1.29, 1.82) is 0 Å². The number of rotatable bonds is 3. The van der Waals surface area contributed by atoms with Crippen molar-refractivity contribution in [3.8, 4) is 5.75 Å². The summed E-state index contributed by atoms with van der Waals surface area (Å²) < 4.78 is 1.62. The van der Waals surface area contributed by atoms with Crippen molar-refractivity contribution in [2.45, 2.75) is 13.5 Å². The summed E-state index contributed by atoms with van der Waals surface area (Å²) in [5.41, 5.74) is 1.31. The minimum Gasteiger partial charge on any atom is -0.507 e. The van der Waals surface area contributed by atoms with Gasteiger partial charge in [0.15, 0.2) is 0 Å². The number of fused-ring (bicyclic) bond motifs is 1. The molecule has 22 heavy (non-hydrogen) atoms. The first-order chi connectivity index (χ1) is 10.7. The summed E-state index contributed by atoms with van der Waals surface area (Å²) in [5.74, 6) is 0.777. The van der Waals surface area contributed by atoms with E-state index in [-0.39, 0.29) is 11.3 Å². The lowest BCUT2D eigenvalue weighted by atomic mass is 10.2. The fraction of sp³-hybridized carbons (Fsp3) is 0.111. The molecule has 0 atom stereocenters. The van der Waals surface area contributed by atoms with Crippen LogP contribution < -0.4 is 5.56 Å². The van der Waals surface area contributed by atoms with E-state index in [2.05, 4.69) is 4.98 Å². The Kier molecular flexibility index (Phi) is 3.74. The zero-order chi connectivity index (χ0) is 15.5. The Hall–Kier alpha value is -2.88. The third kappa shape index (κ3) is 2.51. The second-order valence-electron chi connectivity index (χ2n) is 4.93. The first-order valence-electron chi connectivity index (χ1n) is 7.16. The molecule has 3 rings (SSSR count). The first kappa shape index (κ1) is 14.1. The van der Waals surface area contributed by atoms with Gasteiger partial charge in [-0.25, -0.2) is 4.98 Å². The maximum atomic E-state index is 12.5. The Morgan fingerprint density at radius 2 is 1.82 bits per heavy atom. The first-order valence-corrected chi connectivity index (χ1v) is 7.16.